The number of unbranched alkanes of at least 4 members (excludes halogenated alkanes) is 1. The lowest BCUT2D eigenvalue weighted by molar-refractivity contribution is -0.147. The Hall–Kier alpha value is -3.30. The Kier molecular flexibility index (Phi) is 9.33. The number of Topliss-reactive ketones (excluding diaryl/α,β-unsaturated/α-hetero) is 1. The number of hydrogen-bond donors (Lipinski definition) is 1. The van der Waals surface area contributed by atoms with Gasteiger partial charge in [0.1, 0.15) is 17.2 Å². The predicted molar refractivity (Wildman–Crippen MR) is 128 cm³/mol. The van der Waals surface area contributed by atoms with E-state index in [4.69, 9.17) is 9.47 Å². The van der Waals surface area contributed by atoms with Gasteiger partial charge in [-0.1, -0.05) is 5.21 Å². The highest BCUT2D eigenvalue weighted by molar-refractivity contribution is 5.77. The molecule has 190 valence electrons. The first kappa shape index (κ1) is 26.3. The zero-order chi connectivity index (χ0) is 25.4. The molecule has 0 spiro atoms. The van der Waals surface area contributed by atoms with Crippen molar-refractivity contribution in [1.29, 1.82) is 0 Å². The van der Waals surface area contributed by atoms with Gasteiger partial charge in [-0.3, -0.25) is 9.59 Å². The summed E-state index contributed by atoms with van der Waals surface area (Å²) in [6.45, 7) is 3.71. The summed E-state index contributed by atoms with van der Waals surface area (Å²) in [5, 5.41) is 11.3. The van der Waals surface area contributed by atoms with Crippen molar-refractivity contribution < 1.29 is 23.9 Å². The molecule has 3 rings (SSSR count). The van der Waals surface area contributed by atoms with Gasteiger partial charge >= 0.3 is 5.97 Å². The number of hydrogen-bond acceptors (Lipinski definition) is 8. The average molecular weight is 486 g/mol. The van der Waals surface area contributed by atoms with Crippen molar-refractivity contribution >= 4 is 17.7 Å². The minimum absolute atomic E-state index is 0.0584. The number of ether oxygens (including phenoxy) is 2. The number of nitrogens with zero attached hydrogens (tertiary/aromatic N) is 4. The highest BCUT2D eigenvalue weighted by Gasteiger charge is 2.29. The lowest BCUT2D eigenvalue weighted by Gasteiger charge is -2.28. The van der Waals surface area contributed by atoms with Crippen molar-refractivity contribution in [3.63, 3.8) is 0 Å². The van der Waals surface area contributed by atoms with E-state index in [1.54, 1.807) is 18.7 Å². The number of amides is 1. The van der Waals surface area contributed by atoms with Gasteiger partial charge in [-0.25, -0.2) is 9.67 Å². The SMILES string of the molecule is COC(=O)[C@H]1CCC[C@H](Oc2ccc(-c3nnn(C)c3CNC(=O)CCCCC(C)=O)nc2C)C1. The van der Waals surface area contributed by atoms with Gasteiger partial charge in [0.25, 0.3) is 0 Å². The van der Waals surface area contributed by atoms with Gasteiger partial charge in [-0.2, -0.15) is 0 Å². The maximum Gasteiger partial charge on any atom is 0.308 e. The first-order chi connectivity index (χ1) is 16.8. The van der Waals surface area contributed by atoms with Gasteiger partial charge < -0.3 is 19.6 Å². The van der Waals surface area contributed by atoms with E-state index in [0.717, 1.165) is 25.0 Å². The topological polar surface area (TPSA) is 125 Å². The molecule has 0 aliphatic heterocycles. The molecular weight excluding hydrogens is 450 g/mol. The van der Waals surface area contributed by atoms with Gasteiger partial charge in [-0.05, 0) is 64.5 Å². The number of aromatic nitrogens is 4. The van der Waals surface area contributed by atoms with Crippen molar-refractivity contribution in [2.24, 2.45) is 13.0 Å². The third kappa shape index (κ3) is 7.34. The molecule has 1 aliphatic carbocycles. The summed E-state index contributed by atoms with van der Waals surface area (Å²) in [7, 11) is 3.19. The number of rotatable bonds is 11. The van der Waals surface area contributed by atoms with Crippen LogP contribution in [0.4, 0.5) is 0 Å². The van der Waals surface area contributed by atoms with Crippen LogP contribution in [0.3, 0.4) is 0 Å². The van der Waals surface area contributed by atoms with Crippen LogP contribution >= 0.6 is 0 Å². The van der Waals surface area contributed by atoms with Crippen LogP contribution in [-0.2, 0) is 32.7 Å². The number of methoxy groups -OCH3 is 1. The monoisotopic (exact) mass is 485 g/mol. The fourth-order valence-electron chi connectivity index (χ4n) is 4.32. The second-order valence-electron chi connectivity index (χ2n) is 9.10. The van der Waals surface area contributed by atoms with Crippen molar-refractivity contribution in [2.45, 2.75) is 77.9 Å². The van der Waals surface area contributed by atoms with Crippen molar-refractivity contribution in [1.82, 2.24) is 25.3 Å². The zero-order valence-electron chi connectivity index (χ0n) is 21.0. The number of carbonyl (C=O) groups is 3. The Morgan fingerprint density at radius 3 is 2.66 bits per heavy atom. The van der Waals surface area contributed by atoms with Crippen molar-refractivity contribution in [3.05, 3.63) is 23.5 Å². The summed E-state index contributed by atoms with van der Waals surface area (Å²) in [5.41, 5.74) is 2.71. The third-order valence-corrected chi connectivity index (χ3v) is 6.31. The third-order valence-electron chi connectivity index (χ3n) is 6.31. The minimum atomic E-state index is -0.179. The fourth-order valence-corrected chi connectivity index (χ4v) is 4.32. The Labute approximate surface area is 205 Å². The summed E-state index contributed by atoms with van der Waals surface area (Å²) in [5.74, 6) is 0.430. The molecule has 0 radical (unpaired) electrons. The molecule has 1 aliphatic rings. The maximum absolute atomic E-state index is 12.2. The van der Waals surface area contributed by atoms with Crippen LogP contribution in [0.5, 0.6) is 5.75 Å². The molecule has 2 aromatic rings. The Morgan fingerprint density at radius 2 is 1.94 bits per heavy atom. The minimum Gasteiger partial charge on any atom is -0.489 e. The standard InChI is InChI=1S/C25H35N5O5/c1-16(31)8-5-6-11-23(32)26-15-21-24(28-29-30(21)3)20-12-13-22(17(2)27-20)35-19-10-7-9-18(14-19)25(33)34-4/h12-13,18-19H,5-11,14-15H2,1-4H3,(H,26,32)/t18-,19-/m0/s1. The van der Waals surface area contributed by atoms with Gasteiger partial charge in [-0.15, -0.1) is 5.10 Å². The summed E-state index contributed by atoms with van der Waals surface area (Å²) in [4.78, 5) is 39.8. The number of ketones is 1. The summed E-state index contributed by atoms with van der Waals surface area (Å²) < 4.78 is 12.7. The summed E-state index contributed by atoms with van der Waals surface area (Å²) >= 11 is 0. The number of carbonyl (C=O) groups excluding carboxylic acids is 3. The molecule has 2 aromatic heterocycles. The lowest BCUT2D eigenvalue weighted by atomic mass is 9.87. The Balaban J connectivity index is 1.62. The molecular formula is C25H35N5O5. The molecule has 0 saturated heterocycles. The quantitative estimate of drug-likeness (QED) is 0.380. The van der Waals surface area contributed by atoms with E-state index >= 15 is 0 Å². The molecule has 0 unspecified atom stereocenters. The molecule has 0 bridgehead atoms. The normalized spacial score (nSPS) is 17.6. The highest BCUT2D eigenvalue weighted by Crippen LogP contribution is 2.30. The number of nitrogens with one attached hydrogen (secondary N) is 1. The average Bonchev–Trinajstić information content (AvgIpc) is 3.21. The van der Waals surface area contributed by atoms with Gasteiger partial charge in [0.15, 0.2) is 0 Å². The first-order valence-electron chi connectivity index (χ1n) is 12.2. The van der Waals surface area contributed by atoms with Crippen LogP contribution < -0.4 is 10.1 Å². The molecule has 2 heterocycles. The van der Waals surface area contributed by atoms with Gasteiger partial charge in [0, 0.05) is 19.9 Å². The van der Waals surface area contributed by atoms with Gasteiger partial charge in [0.2, 0.25) is 5.91 Å². The highest BCUT2D eigenvalue weighted by atomic mass is 16.5. The van der Waals surface area contributed by atoms with Crippen LogP contribution in [0, 0.1) is 12.8 Å². The van der Waals surface area contributed by atoms with E-state index in [1.165, 1.54) is 7.11 Å². The van der Waals surface area contributed by atoms with Crippen LogP contribution in [0.15, 0.2) is 12.1 Å². The van der Waals surface area contributed by atoms with Crippen LogP contribution in [0.2, 0.25) is 0 Å². The Morgan fingerprint density at radius 1 is 1.17 bits per heavy atom. The molecule has 1 amide bonds. The molecule has 1 saturated carbocycles. The van der Waals surface area contributed by atoms with Crippen molar-refractivity contribution in [3.8, 4) is 17.1 Å². The van der Waals surface area contributed by atoms with Crippen LogP contribution in [0.1, 0.15) is 69.7 Å². The summed E-state index contributed by atoms with van der Waals surface area (Å²) in [6, 6.07) is 3.70. The van der Waals surface area contributed by atoms with Crippen molar-refractivity contribution in [2.75, 3.05) is 7.11 Å². The number of aryl methyl sites for hydroxylation is 2. The second kappa shape index (κ2) is 12.4. The van der Waals surface area contributed by atoms with E-state index in [0.29, 0.717) is 54.9 Å². The largest absolute Gasteiger partial charge is 0.489 e. The summed E-state index contributed by atoms with van der Waals surface area (Å²) in [6.07, 6.45) is 5.46. The Bertz CT molecular complexity index is 1050. The number of pyridine rings is 1. The second-order valence-corrected chi connectivity index (χ2v) is 9.10. The van der Waals surface area contributed by atoms with E-state index in [9.17, 15) is 14.4 Å². The molecule has 10 nitrogen and oxygen atoms in total. The van der Waals surface area contributed by atoms with E-state index in [2.05, 4.69) is 20.6 Å². The van der Waals surface area contributed by atoms with E-state index < -0.39 is 0 Å². The maximum atomic E-state index is 12.2. The molecule has 10 heteroatoms. The predicted octanol–water partition coefficient (Wildman–Crippen LogP) is 3.06. The molecule has 35 heavy (non-hydrogen) atoms. The first-order valence-corrected chi connectivity index (χ1v) is 12.2. The van der Waals surface area contributed by atoms with Crippen LogP contribution in [-0.4, -0.2) is 50.9 Å². The van der Waals surface area contributed by atoms with E-state index in [1.807, 2.05) is 19.1 Å². The number of esters is 1. The van der Waals surface area contributed by atoms with Gasteiger partial charge in [0.05, 0.1) is 42.8 Å². The molecule has 1 fully saturated rings. The molecule has 1 N–H and O–H groups in total. The lowest BCUT2D eigenvalue weighted by Crippen LogP contribution is -2.30. The smallest absolute Gasteiger partial charge is 0.308 e. The molecule has 0 aromatic carbocycles. The fraction of sp³-hybridized carbons (Fsp3) is 0.600. The van der Waals surface area contributed by atoms with Crippen LogP contribution in [0.25, 0.3) is 11.4 Å². The zero-order valence-corrected chi connectivity index (χ0v) is 21.0. The van der Waals surface area contributed by atoms with E-state index in [-0.39, 0.29) is 36.2 Å². The molecule has 2 atom stereocenters.